The van der Waals surface area contributed by atoms with Gasteiger partial charge in [-0.15, -0.1) is 0 Å². The first-order valence-electron chi connectivity index (χ1n) is 15.4. The van der Waals surface area contributed by atoms with Gasteiger partial charge in [-0.1, -0.05) is 30.3 Å². The van der Waals surface area contributed by atoms with Gasteiger partial charge in [-0.3, -0.25) is 34.5 Å². The smallest absolute Gasteiger partial charge is 0.237 e. The van der Waals surface area contributed by atoms with Gasteiger partial charge in [0, 0.05) is 57.6 Å². The third-order valence-corrected chi connectivity index (χ3v) is 9.15. The molecular formula is C33H39N11O2. The molecule has 0 radical (unpaired) electrons. The van der Waals surface area contributed by atoms with Crippen molar-refractivity contribution in [2.75, 3.05) is 56.9 Å². The molecule has 0 aliphatic carbocycles. The van der Waals surface area contributed by atoms with Crippen molar-refractivity contribution >= 4 is 46.8 Å². The maximum absolute atomic E-state index is 13.8. The van der Waals surface area contributed by atoms with Gasteiger partial charge in [0.05, 0.1) is 29.6 Å². The summed E-state index contributed by atoms with van der Waals surface area (Å²) < 4.78 is 1.62. The Morgan fingerprint density at radius 2 is 1.89 bits per heavy atom. The highest BCUT2D eigenvalue weighted by Crippen LogP contribution is 2.42. The number of amidine groups is 1. The van der Waals surface area contributed by atoms with Gasteiger partial charge in [0.15, 0.2) is 0 Å². The molecule has 2 saturated heterocycles. The molecule has 3 aliphatic rings. The molecule has 3 aliphatic heterocycles. The predicted molar refractivity (Wildman–Crippen MR) is 179 cm³/mol. The van der Waals surface area contributed by atoms with Gasteiger partial charge in [-0.2, -0.15) is 5.10 Å². The van der Waals surface area contributed by atoms with E-state index in [4.69, 9.17) is 16.9 Å². The van der Waals surface area contributed by atoms with Crippen molar-refractivity contribution < 1.29 is 9.59 Å². The Labute approximate surface area is 267 Å². The number of nitrogen functional groups attached to an aromatic ring is 1. The molecule has 0 bridgehead atoms. The SMILES string of the molecule is CN=CN=C(N)c1ccc(C2=CCN(C(=O)CN3CC[C@]4(CCN(c5ccc(N)c(C(=N)c6cnn(C)c6)n5)C4=O)C3)CC2)cc1. The van der Waals surface area contributed by atoms with Gasteiger partial charge >= 0.3 is 0 Å². The molecule has 5 N–H and O–H groups in total. The van der Waals surface area contributed by atoms with E-state index in [1.54, 1.807) is 48.2 Å². The summed E-state index contributed by atoms with van der Waals surface area (Å²) in [6.07, 6.45) is 9.02. The maximum Gasteiger partial charge on any atom is 0.237 e. The first kappa shape index (κ1) is 30.8. The molecule has 2 aromatic heterocycles. The van der Waals surface area contributed by atoms with Crippen LogP contribution in [0, 0.1) is 10.8 Å². The van der Waals surface area contributed by atoms with Crippen LogP contribution in [-0.2, 0) is 16.6 Å². The van der Waals surface area contributed by atoms with Crippen LogP contribution in [0.1, 0.15) is 41.6 Å². The number of nitrogens with one attached hydrogen (secondary N) is 1. The van der Waals surface area contributed by atoms with E-state index in [0.717, 1.165) is 17.5 Å². The lowest BCUT2D eigenvalue weighted by Crippen LogP contribution is -2.43. The lowest BCUT2D eigenvalue weighted by Gasteiger charge is -2.29. The number of likely N-dealkylation sites (tertiary alicyclic amines) is 1. The van der Waals surface area contributed by atoms with Crippen molar-refractivity contribution in [2.24, 2.45) is 28.2 Å². The minimum absolute atomic E-state index is 0.0154. The molecular weight excluding hydrogens is 582 g/mol. The van der Waals surface area contributed by atoms with Crippen molar-refractivity contribution in [1.29, 1.82) is 5.41 Å². The van der Waals surface area contributed by atoms with Crippen LogP contribution in [0.3, 0.4) is 0 Å². The topological polar surface area (TPSA) is 175 Å². The van der Waals surface area contributed by atoms with Crippen molar-refractivity contribution in [3.8, 4) is 0 Å². The zero-order valence-corrected chi connectivity index (χ0v) is 26.2. The summed E-state index contributed by atoms with van der Waals surface area (Å²) in [5.74, 6) is 0.992. The Morgan fingerprint density at radius 1 is 1.11 bits per heavy atom. The van der Waals surface area contributed by atoms with Crippen LogP contribution in [0.4, 0.5) is 11.5 Å². The lowest BCUT2D eigenvalue weighted by atomic mass is 9.85. The van der Waals surface area contributed by atoms with Crippen molar-refractivity contribution in [3.05, 3.63) is 77.3 Å². The molecule has 2 amide bonds. The summed E-state index contributed by atoms with van der Waals surface area (Å²) in [5, 5.41) is 12.8. The van der Waals surface area contributed by atoms with Gasteiger partial charge in [0.1, 0.15) is 23.7 Å². The average molecular weight is 622 g/mol. The first-order chi connectivity index (χ1) is 22.2. The van der Waals surface area contributed by atoms with Gasteiger partial charge < -0.3 is 16.4 Å². The number of hydrogen-bond donors (Lipinski definition) is 3. The van der Waals surface area contributed by atoms with E-state index in [-0.39, 0.29) is 17.5 Å². The molecule has 5 heterocycles. The number of nitrogens with zero attached hydrogens (tertiary/aromatic N) is 8. The molecule has 13 nitrogen and oxygen atoms in total. The Bertz CT molecular complexity index is 1760. The summed E-state index contributed by atoms with van der Waals surface area (Å²) in [4.78, 5) is 45.4. The van der Waals surface area contributed by atoms with Crippen LogP contribution < -0.4 is 16.4 Å². The minimum Gasteiger partial charge on any atom is -0.397 e. The zero-order valence-electron chi connectivity index (χ0n) is 26.2. The second-order valence-electron chi connectivity index (χ2n) is 12.1. The summed E-state index contributed by atoms with van der Waals surface area (Å²) >= 11 is 0. The molecule has 2 fully saturated rings. The van der Waals surface area contributed by atoms with E-state index >= 15 is 0 Å². The highest BCUT2D eigenvalue weighted by Gasteiger charge is 2.51. The molecule has 6 rings (SSSR count). The standard InChI is InChI=1S/C33H39N11O2/c1-37-21-38-31(36)24-5-3-22(4-6-24)23-9-13-43(14-10-23)28(45)19-42-15-11-33(20-42)12-16-44(32(33)46)27-8-7-26(34)30(40-27)29(35)25-17-39-41(2)18-25/h3-9,17-18,21,35H,10-16,19-20,34H2,1-2H3,(H2,36,37,38)/t33-/m0/s1. The Hall–Kier alpha value is -5.17. The Morgan fingerprint density at radius 3 is 2.59 bits per heavy atom. The number of pyridine rings is 1. The van der Waals surface area contributed by atoms with Crippen LogP contribution in [0.25, 0.3) is 5.57 Å². The van der Waals surface area contributed by atoms with Crippen LogP contribution >= 0.6 is 0 Å². The number of amides is 2. The van der Waals surface area contributed by atoms with Crippen LogP contribution in [-0.4, -0.2) is 101 Å². The molecule has 1 aromatic carbocycles. The molecule has 0 saturated carbocycles. The zero-order chi connectivity index (χ0) is 32.4. The Kier molecular flexibility index (Phi) is 8.50. The fraction of sp³-hybridized carbons (Fsp3) is 0.364. The van der Waals surface area contributed by atoms with E-state index in [2.05, 4.69) is 31.0 Å². The average Bonchev–Trinajstić information content (AvgIpc) is 3.78. The van der Waals surface area contributed by atoms with E-state index in [1.807, 2.05) is 29.2 Å². The summed E-state index contributed by atoms with van der Waals surface area (Å²) in [6, 6.07) is 11.4. The second kappa shape index (κ2) is 12.7. The molecule has 0 unspecified atom stereocenters. The van der Waals surface area contributed by atoms with Gasteiger partial charge in [0.25, 0.3) is 0 Å². The predicted octanol–water partition coefficient (Wildman–Crippen LogP) is 1.92. The van der Waals surface area contributed by atoms with Gasteiger partial charge in [-0.05, 0) is 49.1 Å². The number of rotatable bonds is 8. The molecule has 238 valence electrons. The third kappa shape index (κ3) is 6.05. The second-order valence-corrected chi connectivity index (χ2v) is 12.1. The number of benzene rings is 1. The summed E-state index contributed by atoms with van der Waals surface area (Å²) in [6.45, 7) is 3.25. The number of anilines is 2. The van der Waals surface area contributed by atoms with Crippen molar-refractivity contribution in [3.63, 3.8) is 0 Å². The molecule has 1 spiro atoms. The number of hydrogen-bond acceptors (Lipinski definition) is 8. The number of aryl methyl sites for hydroxylation is 1. The summed E-state index contributed by atoms with van der Waals surface area (Å²) in [7, 11) is 3.43. The van der Waals surface area contributed by atoms with Crippen LogP contribution in [0.15, 0.2) is 64.9 Å². The van der Waals surface area contributed by atoms with E-state index < -0.39 is 5.41 Å². The van der Waals surface area contributed by atoms with Gasteiger partial charge in [-0.25, -0.2) is 9.98 Å². The van der Waals surface area contributed by atoms with Crippen LogP contribution in [0.5, 0.6) is 0 Å². The van der Waals surface area contributed by atoms with Crippen molar-refractivity contribution in [1.82, 2.24) is 24.6 Å². The molecule has 13 heteroatoms. The minimum atomic E-state index is -0.543. The van der Waals surface area contributed by atoms with Gasteiger partial charge in [0.2, 0.25) is 11.8 Å². The maximum atomic E-state index is 13.8. The quantitative estimate of drug-likeness (QED) is 0.254. The number of carbonyl (C=O) groups is 2. The largest absolute Gasteiger partial charge is 0.397 e. The molecule has 46 heavy (non-hydrogen) atoms. The highest BCUT2D eigenvalue weighted by molar-refractivity contribution is 6.12. The number of nitrogens with two attached hydrogens (primary N) is 2. The number of aromatic nitrogens is 3. The number of aliphatic imine (C=N–C) groups is 2. The normalized spacial score (nSPS) is 20.7. The van der Waals surface area contributed by atoms with Crippen LogP contribution in [0.2, 0.25) is 0 Å². The monoisotopic (exact) mass is 621 g/mol. The number of carbonyl (C=O) groups excluding carboxylic acids is 2. The highest BCUT2D eigenvalue weighted by atomic mass is 16.2. The third-order valence-electron chi connectivity index (χ3n) is 9.15. The molecule has 3 aromatic rings. The summed E-state index contributed by atoms with van der Waals surface area (Å²) in [5.41, 5.74) is 16.2. The van der Waals surface area contributed by atoms with E-state index in [9.17, 15) is 9.59 Å². The van der Waals surface area contributed by atoms with E-state index in [0.29, 0.717) is 80.7 Å². The van der Waals surface area contributed by atoms with Crippen molar-refractivity contribution in [2.45, 2.75) is 19.3 Å². The Balaban J connectivity index is 1.05. The fourth-order valence-electron chi connectivity index (χ4n) is 6.51. The van der Waals surface area contributed by atoms with E-state index in [1.165, 1.54) is 11.9 Å². The molecule has 1 atom stereocenters. The lowest BCUT2D eigenvalue weighted by molar-refractivity contribution is -0.132. The first-order valence-corrected chi connectivity index (χ1v) is 15.4. The fourth-order valence-corrected chi connectivity index (χ4v) is 6.51.